The van der Waals surface area contributed by atoms with Crippen LogP contribution in [0.15, 0.2) is 60.9 Å². The van der Waals surface area contributed by atoms with Crippen molar-refractivity contribution in [3.63, 3.8) is 0 Å². The van der Waals surface area contributed by atoms with E-state index in [-0.39, 0.29) is 0 Å². The molecular formula is C16H15NO. The Balaban J connectivity index is 1.86. The predicted molar refractivity (Wildman–Crippen MR) is 72.9 cm³/mol. The number of aryl methyl sites for hydroxylation is 1. The van der Waals surface area contributed by atoms with Crippen molar-refractivity contribution in [1.29, 1.82) is 0 Å². The van der Waals surface area contributed by atoms with Gasteiger partial charge in [-0.25, -0.2) is 0 Å². The van der Waals surface area contributed by atoms with E-state index in [2.05, 4.69) is 35.7 Å². The number of fused-ring (bicyclic) bond motifs is 1. The van der Waals surface area contributed by atoms with Crippen molar-refractivity contribution < 1.29 is 4.74 Å². The summed E-state index contributed by atoms with van der Waals surface area (Å²) in [6.07, 6.45) is 4.14. The highest BCUT2D eigenvalue weighted by atomic mass is 16.5. The highest BCUT2D eigenvalue weighted by molar-refractivity contribution is 5.61. The van der Waals surface area contributed by atoms with Crippen LogP contribution in [0.5, 0.6) is 5.75 Å². The fourth-order valence-electron chi connectivity index (χ4n) is 2.10. The summed E-state index contributed by atoms with van der Waals surface area (Å²) in [5.41, 5.74) is 3.54. The predicted octanol–water partition coefficient (Wildman–Crippen LogP) is 3.83. The highest BCUT2D eigenvalue weighted by Crippen LogP contribution is 2.22. The Morgan fingerprint density at radius 1 is 1.06 bits per heavy atom. The molecule has 0 amide bonds. The molecule has 0 fully saturated rings. The Morgan fingerprint density at radius 3 is 2.72 bits per heavy atom. The third-order valence-corrected chi connectivity index (χ3v) is 2.97. The first kappa shape index (κ1) is 10.9. The fraction of sp³-hybridized carbons (Fsp3) is 0.125. The van der Waals surface area contributed by atoms with Gasteiger partial charge in [0.05, 0.1) is 5.52 Å². The number of hydrogen-bond acceptors (Lipinski definition) is 1. The molecule has 0 radical (unpaired) electrons. The fourth-order valence-corrected chi connectivity index (χ4v) is 2.10. The van der Waals surface area contributed by atoms with E-state index in [1.165, 1.54) is 11.1 Å². The smallest absolute Gasteiger partial charge is 0.143 e. The van der Waals surface area contributed by atoms with Crippen molar-refractivity contribution in [3.05, 3.63) is 72.1 Å². The minimum Gasteiger partial charge on any atom is -0.487 e. The number of pyridine rings is 1. The number of benzene rings is 1. The maximum absolute atomic E-state index is 5.90. The molecule has 0 unspecified atom stereocenters. The van der Waals surface area contributed by atoms with Gasteiger partial charge in [0.1, 0.15) is 12.4 Å². The molecule has 3 rings (SSSR count). The van der Waals surface area contributed by atoms with Crippen LogP contribution in [0.4, 0.5) is 0 Å². The SMILES string of the molecule is Cc1cc2c(OCc3ccccc3)cccn2c1. The van der Waals surface area contributed by atoms with Crippen molar-refractivity contribution in [2.75, 3.05) is 0 Å². The summed E-state index contributed by atoms with van der Waals surface area (Å²) in [5.74, 6) is 0.925. The van der Waals surface area contributed by atoms with Crippen molar-refractivity contribution in [3.8, 4) is 5.75 Å². The van der Waals surface area contributed by atoms with Gasteiger partial charge in [-0.1, -0.05) is 30.3 Å². The topological polar surface area (TPSA) is 13.6 Å². The summed E-state index contributed by atoms with van der Waals surface area (Å²) in [6.45, 7) is 2.69. The first-order chi connectivity index (χ1) is 8.83. The van der Waals surface area contributed by atoms with Crippen molar-refractivity contribution in [1.82, 2.24) is 4.40 Å². The molecule has 18 heavy (non-hydrogen) atoms. The maximum atomic E-state index is 5.90. The largest absolute Gasteiger partial charge is 0.487 e. The monoisotopic (exact) mass is 237 g/mol. The molecule has 2 heterocycles. The van der Waals surface area contributed by atoms with Crippen LogP contribution in [0.1, 0.15) is 11.1 Å². The van der Waals surface area contributed by atoms with E-state index < -0.39 is 0 Å². The molecule has 0 saturated carbocycles. The molecule has 0 saturated heterocycles. The second-order valence-electron chi connectivity index (χ2n) is 4.46. The van der Waals surface area contributed by atoms with E-state index in [1.54, 1.807) is 0 Å². The molecule has 0 aliphatic rings. The quantitative estimate of drug-likeness (QED) is 0.675. The van der Waals surface area contributed by atoms with Crippen molar-refractivity contribution in [2.45, 2.75) is 13.5 Å². The van der Waals surface area contributed by atoms with Crippen LogP contribution in [0.25, 0.3) is 5.52 Å². The Morgan fingerprint density at radius 2 is 1.89 bits per heavy atom. The zero-order chi connectivity index (χ0) is 12.4. The van der Waals surface area contributed by atoms with E-state index in [0.29, 0.717) is 6.61 Å². The molecular weight excluding hydrogens is 222 g/mol. The summed E-state index contributed by atoms with van der Waals surface area (Å²) < 4.78 is 7.99. The summed E-state index contributed by atoms with van der Waals surface area (Å²) in [5, 5.41) is 0. The molecule has 90 valence electrons. The summed E-state index contributed by atoms with van der Waals surface area (Å²) in [7, 11) is 0. The summed E-state index contributed by atoms with van der Waals surface area (Å²) in [6, 6.07) is 16.4. The lowest BCUT2D eigenvalue weighted by atomic mass is 10.2. The minimum absolute atomic E-state index is 0.602. The Kier molecular flexibility index (Phi) is 2.77. The van der Waals surface area contributed by atoms with Crippen LogP contribution >= 0.6 is 0 Å². The maximum Gasteiger partial charge on any atom is 0.143 e. The van der Waals surface area contributed by atoms with Gasteiger partial charge in [0.15, 0.2) is 0 Å². The van der Waals surface area contributed by atoms with Gasteiger partial charge in [-0.3, -0.25) is 0 Å². The Bertz CT molecular complexity index is 655. The zero-order valence-corrected chi connectivity index (χ0v) is 10.3. The van der Waals surface area contributed by atoms with Gasteiger partial charge in [-0.05, 0) is 36.2 Å². The lowest BCUT2D eigenvalue weighted by Crippen LogP contribution is -1.96. The van der Waals surface area contributed by atoms with E-state index >= 15 is 0 Å². The average molecular weight is 237 g/mol. The molecule has 0 bridgehead atoms. The van der Waals surface area contributed by atoms with Crippen molar-refractivity contribution >= 4 is 5.52 Å². The first-order valence-electron chi connectivity index (χ1n) is 6.07. The highest BCUT2D eigenvalue weighted by Gasteiger charge is 2.03. The third-order valence-electron chi connectivity index (χ3n) is 2.97. The molecule has 1 aromatic carbocycles. The third kappa shape index (κ3) is 2.09. The second-order valence-corrected chi connectivity index (χ2v) is 4.46. The molecule has 2 heteroatoms. The summed E-state index contributed by atoms with van der Waals surface area (Å²) >= 11 is 0. The lowest BCUT2D eigenvalue weighted by molar-refractivity contribution is 0.309. The van der Waals surface area contributed by atoms with E-state index in [0.717, 1.165) is 11.3 Å². The molecule has 0 atom stereocenters. The summed E-state index contributed by atoms with van der Waals surface area (Å²) in [4.78, 5) is 0. The number of ether oxygens (including phenoxy) is 1. The number of nitrogens with zero attached hydrogens (tertiary/aromatic N) is 1. The molecule has 0 spiro atoms. The second kappa shape index (κ2) is 4.57. The number of hydrogen-bond donors (Lipinski definition) is 0. The number of aromatic nitrogens is 1. The lowest BCUT2D eigenvalue weighted by Gasteiger charge is -2.08. The van der Waals surface area contributed by atoms with Crippen LogP contribution in [0.3, 0.4) is 0 Å². The van der Waals surface area contributed by atoms with Gasteiger partial charge < -0.3 is 9.14 Å². The first-order valence-corrected chi connectivity index (χ1v) is 6.07. The van der Waals surface area contributed by atoms with Crippen LogP contribution in [0, 0.1) is 6.92 Å². The Hall–Kier alpha value is -2.22. The van der Waals surface area contributed by atoms with Gasteiger partial charge in [0.25, 0.3) is 0 Å². The Labute approximate surface area is 106 Å². The van der Waals surface area contributed by atoms with Gasteiger partial charge in [0, 0.05) is 12.4 Å². The minimum atomic E-state index is 0.602. The van der Waals surface area contributed by atoms with E-state index in [4.69, 9.17) is 4.74 Å². The van der Waals surface area contributed by atoms with Crippen LogP contribution in [0.2, 0.25) is 0 Å². The van der Waals surface area contributed by atoms with E-state index in [9.17, 15) is 0 Å². The van der Waals surface area contributed by atoms with Crippen LogP contribution in [-0.2, 0) is 6.61 Å². The number of rotatable bonds is 3. The van der Waals surface area contributed by atoms with Gasteiger partial charge in [0.2, 0.25) is 0 Å². The molecule has 2 aromatic heterocycles. The standard InChI is InChI=1S/C16H15NO/c1-13-10-15-16(8-5-9-17(15)11-13)18-12-14-6-3-2-4-7-14/h2-11H,12H2,1H3. The average Bonchev–Trinajstić information content (AvgIpc) is 2.78. The zero-order valence-electron chi connectivity index (χ0n) is 10.3. The van der Waals surface area contributed by atoms with Crippen LogP contribution in [-0.4, -0.2) is 4.40 Å². The van der Waals surface area contributed by atoms with Crippen LogP contribution < -0.4 is 4.74 Å². The normalized spacial score (nSPS) is 10.7. The molecule has 3 aromatic rings. The van der Waals surface area contributed by atoms with Gasteiger partial charge >= 0.3 is 0 Å². The molecule has 0 N–H and O–H groups in total. The molecule has 0 aliphatic heterocycles. The van der Waals surface area contributed by atoms with Crippen molar-refractivity contribution in [2.24, 2.45) is 0 Å². The van der Waals surface area contributed by atoms with Gasteiger partial charge in [-0.15, -0.1) is 0 Å². The van der Waals surface area contributed by atoms with Gasteiger partial charge in [-0.2, -0.15) is 0 Å². The molecule has 2 nitrogen and oxygen atoms in total. The molecule has 0 aliphatic carbocycles. The van der Waals surface area contributed by atoms with E-state index in [1.807, 2.05) is 36.5 Å².